The predicted molar refractivity (Wildman–Crippen MR) is 84.8 cm³/mol. The summed E-state index contributed by atoms with van der Waals surface area (Å²) in [5, 5.41) is 2.60. The van der Waals surface area contributed by atoms with Crippen LogP contribution in [-0.4, -0.2) is 0 Å². The Balaban J connectivity index is 2.40. The second kappa shape index (κ2) is 4.75. The molecule has 1 aromatic heterocycles. The summed E-state index contributed by atoms with van der Waals surface area (Å²) in [7, 11) is 2.12. The van der Waals surface area contributed by atoms with Gasteiger partial charge in [0.15, 0.2) is 6.20 Å². The van der Waals surface area contributed by atoms with Crippen LogP contribution in [0.3, 0.4) is 0 Å². The van der Waals surface area contributed by atoms with Gasteiger partial charge in [0.05, 0.1) is 5.39 Å². The van der Waals surface area contributed by atoms with E-state index >= 15 is 0 Å². The zero-order valence-electron chi connectivity index (χ0n) is 12.6. The lowest BCUT2D eigenvalue weighted by Gasteiger charge is -2.10. The van der Waals surface area contributed by atoms with Crippen molar-refractivity contribution >= 4 is 10.8 Å². The summed E-state index contributed by atoms with van der Waals surface area (Å²) in [6, 6.07) is 15.4. The maximum Gasteiger partial charge on any atom is 0.220 e. The molecule has 1 heteroatoms. The van der Waals surface area contributed by atoms with Gasteiger partial charge in [0.2, 0.25) is 5.69 Å². The summed E-state index contributed by atoms with van der Waals surface area (Å²) in [5.41, 5.74) is 6.66. The second-order valence-electron chi connectivity index (χ2n) is 5.61. The van der Waals surface area contributed by atoms with E-state index in [1.165, 1.54) is 38.7 Å². The molecule has 100 valence electrons. The molecule has 0 aliphatic carbocycles. The third-order valence-corrected chi connectivity index (χ3v) is 4.14. The van der Waals surface area contributed by atoms with Gasteiger partial charge in [0, 0.05) is 11.6 Å². The summed E-state index contributed by atoms with van der Waals surface area (Å²) >= 11 is 0. The molecule has 2 aromatic carbocycles. The lowest BCUT2D eigenvalue weighted by atomic mass is 9.95. The van der Waals surface area contributed by atoms with Crippen LogP contribution in [0, 0.1) is 20.8 Å². The van der Waals surface area contributed by atoms with Crippen molar-refractivity contribution < 1.29 is 4.57 Å². The lowest BCUT2D eigenvalue weighted by Crippen LogP contribution is -2.30. The SMILES string of the molecule is Cc1cc(C)c(-c2c3ccccc3cc[n+]2C)cc1C. The standard InChI is InChI=1S/C19H20N/c1-13-11-15(3)18(12-14(13)2)19-17-8-6-5-7-16(17)9-10-20(19)4/h5-12H,1-4H3/q+1. The molecule has 0 unspecified atom stereocenters. The average Bonchev–Trinajstić information content (AvgIpc) is 2.43. The Morgan fingerprint density at radius 1 is 0.800 bits per heavy atom. The quantitative estimate of drug-likeness (QED) is 0.577. The average molecular weight is 262 g/mol. The van der Waals surface area contributed by atoms with Gasteiger partial charge in [0.1, 0.15) is 7.05 Å². The molecule has 0 saturated heterocycles. The van der Waals surface area contributed by atoms with Gasteiger partial charge >= 0.3 is 0 Å². The number of rotatable bonds is 1. The molecule has 0 aliphatic rings. The molecule has 0 bridgehead atoms. The monoisotopic (exact) mass is 262 g/mol. The van der Waals surface area contributed by atoms with Crippen LogP contribution >= 0.6 is 0 Å². The van der Waals surface area contributed by atoms with Crippen molar-refractivity contribution in [1.82, 2.24) is 0 Å². The highest BCUT2D eigenvalue weighted by Gasteiger charge is 2.17. The van der Waals surface area contributed by atoms with Crippen LogP contribution in [0.25, 0.3) is 22.0 Å². The summed E-state index contributed by atoms with van der Waals surface area (Å²) in [5.74, 6) is 0. The van der Waals surface area contributed by atoms with E-state index in [1.54, 1.807) is 0 Å². The summed E-state index contributed by atoms with van der Waals surface area (Å²) in [6.45, 7) is 6.56. The van der Waals surface area contributed by atoms with Gasteiger partial charge in [0.25, 0.3) is 0 Å². The number of hydrogen-bond acceptors (Lipinski definition) is 0. The first-order chi connectivity index (χ1) is 9.58. The molecule has 1 heterocycles. The molecule has 0 saturated carbocycles. The number of nitrogens with zero attached hydrogens (tertiary/aromatic N) is 1. The Morgan fingerprint density at radius 2 is 1.50 bits per heavy atom. The van der Waals surface area contributed by atoms with Crippen molar-refractivity contribution in [2.24, 2.45) is 7.05 Å². The summed E-state index contributed by atoms with van der Waals surface area (Å²) < 4.78 is 2.22. The predicted octanol–water partition coefficient (Wildman–Crippen LogP) is 4.26. The molecule has 0 spiro atoms. The normalized spacial score (nSPS) is 11.0. The van der Waals surface area contributed by atoms with Crippen molar-refractivity contribution in [1.29, 1.82) is 0 Å². The van der Waals surface area contributed by atoms with Gasteiger partial charge in [-0.2, -0.15) is 0 Å². The Labute approximate surface area is 120 Å². The highest BCUT2D eigenvalue weighted by molar-refractivity contribution is 5.93. The van der Waals surface area contributed by atoms with E-state index in [1.807, 2.05) is 0 Å². The molecule has 0 N–H and O–H groups in total. The molecule has 0 radical (unpaired) electrons. The van der Waals surface area contributed by atoms with E-state index in [4.69, 9.17) is 0 Å². The zero-order valence-corrected chi connectivity index (χ0v) is 12.6. The molecule has 0 atom stereocenters. The highest BCUT2D eigenvalue weighted by atomic mass is 14.9. The second-order valence-corrected chi connectivity index (χ2v) is 5.61. The first kappa shape index (κ1) is 12.9. The highest BCUT2D eigenvalue weighted by Crippen LogP contribution is 2.29. The Morgan fingerprint density at radius 3 is 2.30 bits per heavy atom. The van der Waals surface area contributed by atoms with E-state index in [0.29, 0.717) is 0 Å². The molecule has 0 amide bonds. The Kier molecular flexibility index (Phi) is 3.06. The third kappa shape index (κ3) is 2.00. The van der Waals surface area contributed by atoms with E-state index in [9.17, 15) is 0 Å². The van der Waals surface area contributed by atoms with Crippen LogP contribution in [0.2, 0.25) is 0 Å². The van der Waals surface area contributed by atoms with Gasteiger partial charge in [-0.25, -0.2) is 4.57 Å². The summed E-state index contributed by atoms with van der Waals surface area (Å²) in [6.07, 6.45) is 2.15. The van der Waals surface area contributed by atoms with E-state index < -0.39 is 0 Å². The van der Waals surface area contributed by atoms with Crippen LogP contribution in [0.4, 0.5) is 0 Å². The smallest absolute Gasteiger partial charge is 0.200 e. The van der Waals surface area contributed by atoms with Crippen molar-refractivity contribution in [2.45, 2.75) is 20.8 Å². The molecule has 0 aliphatic heterocycles. The van der Waals surface area contributed by atoms with Crippen LogP contribution in [0.1, 0.15) is 16.7 Å². The van der Waals surface area contributed by atoms with Crippen LogP contribution in [-0.2, 0) is 7.05 Å². The molecular weight excluding hydrogens is 242 g/mol. The maximum atomic E-state index is 2.31. The minimum atomic E-state index is 1.29. The van der Waals surface area contributed by atoms with Crippen LogP contribution in [0.5, 0.6) is 0 Å². The molecule has 3 rings (SSSR count). The Hall–Kier alpha value is -2.15. The topological polar surface area (TPSA) is 3.88 Å². The zero-order chi connectivity index (χ0) is 14.3. The fraction of sp³-hybridized carbons (Fsp3) is 0.211. The van der Waals surface area contributed by atoms with Gasteiger partial charge in [-0.15, -0.1) is 0 Å². The largest absolute Gasteiger partial charge is 0.220 e. The number of aromatic nitrogens is 1. The lowest BCUT2D eigenvalue weighted by molar-refractivity contribution is -0.659. The minimum absolute atomic E-state index is 1.29. The number of hydrogen-bond donors (Lipinski definition) is 0. The molecule has 0 fully saturated rings. The first-order valence-corrected chi connectivity index (χ1v) is 7.03. The molecular formula is C19H20N+. The minimum Gasteiger partial charge on any atom is -0.200 e. The number of fused-ring (bicyclic) bond motifs is 1. The van der Waals surface area contributed by atoms with Crippen molar-refractivity contribution in [3.05, 3.63) is 65.4 Å². The number of pyridine rings is 1. The van der Waals surface area contributed by atoms with Crippen LogP contribution in [0.15, 0.2) is 48.7 Å². The molecule has 20 heavy (non-hydrogen) atoms. The van der Waals surface area contributed by atoms with E-state index in [0.717, 1.165) is 0 Å². The van der Waals surface area contributed by atoms with Gasteiger partial charge < -0.3 is 0 Å². The fourth-order valence-corrected chi connectivity index (χ4v) is 2.87. The van der Waals surface area contributed by atoms with Gasteiger partial charge in [-0.05, 0) is 55.0 Å². The molecule has 1 nitrogen and oxygen atoms in total. The third-order valence-electron chi connectivity index (χ3n) is 4.14. The maximum absolute atomic E-state index is 2.31. The van der Waals surface area contributed by atoms with E-state index in [2.05, 4.69) is 81.0 Å². The summed E-state index contributed by atoms with van der Waals surface area (Å²) in [4.78, 5) is 0. The first-order valence-electron chi connectivity index (χ1n) is 7.03. The number of benzene rings is 2. The fourth-order valence-electron chi connectivity index (χ4n) is 2.87. The van der Waals surface area contributed by atoms with E-state index in [-0.39, 0.29) is 0 Å². The number of aryl methyl sites for hydroxylation is 4. The van der Waals surface area contributed by atoms with Crippen molar-refractivity contribution in [3.63, 3.8) is 0 Å². The van der Waals surface area contributed by atoms with Gasteiger partial charge in [-0.3, -0.25) is 0 Å². The van der Waals surface area contributed by atoms with Crippen molar-refractivity contribution in [3.8, 4) is 11.3 Å². The van der Waals surface area contributed by atoms with Crippen LogP contribution < -0.4 is 4.57 Å². The Bertz CT molecular complexity index is 800. The van der Waals surface area contributed by atoms with Gasteiger partial charge in [-0.1, -0.05) is 24.3 Å². The molecule has 3 aromatic rings. The van der Waals surface area contributed by atoms with Crippen molar-refractivity contribution in [2.75, 3.05) is 0 Å².